The maximum Gasteiger partial charge on any atom is 0.310 e. The van der Waals surface area contributed by atoms with Gasteiger partial charge >= 0.3 is 5.97 Å². The quantitative estimate of drug-likeness (QED) is 0.268. The summed E-state index contributed by atoms with van der Waals surface area (Å²) in [6.07, 6.45) is 9.70. The van der Waals surface area contributed by atoms with E-state index in [2.05, 4.69) is 6.92 Å². The van der Waals surface area contributed by atoms with Crippen LogP contribution >= 0.6 is 0 Å². The van der Waals surface area contributed by atoms with Crippen molar-refractivity contribution in [1.82, 2.24) is 0 Å². The summed E-state index contributed by atoms with van der Waals surface area (Å²) in [5.74, 6) is -1.06. The molecule has 140 valence electrons. The molecule has 1 atom stereocenters. The van der Waals surface area contributed by atoms with Crippen LogP contribution in [0.3, 0.4) is 0 Å². The Morgan fingerprint density at radius 3 is 1.52 bits per heavy atom. The minimum Gasteiger partial charge on any atom is -0.370 e. The van der Waals surface area contributed by atoms with Crippen LogP contribution in [0.15, 0.2) is 0 Å². The summed E-state index contributed by atoms with van der Waals surface area (Å²) in [6.45, 7) is 12.4. The topological polar surface area (TPSA) is 36.9 Å². The van der Waals surface area contributed by atoms with E-state index in [1.807, 2.05) is 27.7 Å². The summed E-state index contributed by atoms with van der Waals surface area (Å²) in [5.41, 5.74) is 0. The molecule has 1 unspecified atom stereocenters. The average molecular weight is 333 g/mol. The van der Waals surface area contributed by atoms with Crippen molar-refractivity contribution in [2.45, 2.75) is 98.1 Å². The zero-order valence-electron chi connectivity index (χ0n) is 16.2. The largest absolute Gasteiger partial charge is 0.370 e. The Labute approximate surface area is 144 Å². The van der Waals surface area contributed by atoms with Crippen LogP contribution in [0.4, 0.5) is 0 Å². The molecule has 0 radical (unpaired) electrons. The maximum atomic E-state index is 5.94. The van der Waals surface area contributed by atoms with E-state index in [-0.39, 0.29) is 6.10 Å². The Balaban J connectivity index is 4.49. The summed E-state index contributed by atoms with van der Waals surface area (Å²) in [5, 5.41) is 0. The molecule has 0 spiro atoms. The second kappa shape index (κ2) is 15.4. The molecule has 0 rings (SSSR count). The lowest BCUT2D eigenvalue weighted by atomic mass is 10.0. The highest BCUT2D eigenvalue weighted by molar-refractivity contribution is 4.73. The van der Waals surface area contributed by atoms with Crippen molar-refractivity contribution >= 4 is 0 Å². The fourth-order valence-electron chi connectivity index (χ4n) is 2.86. The highest BCUT2D eigenvalue weighted by Crippen LogP contribution is 2.27. The molecule has 0 aliphatic carbocycles. The molecule has 0 heterocycles. The first-order valence-corrected chi connectivity index (χ1v) is 9.74. The van der Waals surface area contributed by atoms with Gasteiger partial charge in [0.05, 0.1) is 0 Å². The average Bonchev–Trinajstić information content (AvgIpc) is 2.53. The van der Waals surface area contributed by atoms with Gasteiger partial charge < -0.3 is 18.9 Å². The van der Waals surface area contributed by atoms with Gasteiger partial charge in [-0.1, -0.05) is 51.9 Å². The highest BCUT2D eigenvalue weighted by atomic mass is 16.9. The first kappa shape index (κ1) is 22.8. The Morgan fingerprint density at radius 1 is 0.609 bits per heavy atom. The number of ether oxygens (including phenoxy) is 4. The fourth-order valence-corrected chi connectivity index (χ4v) is 2.86. The normalized spacial score (nSPS) is 13.4. The molecule has 0 aromatic carbocycles. The van der Waals surface area contributed by atoms with Crippen molar-refractivity contribution in [3.8, 4) is 0 Å². The third-order valence-electron chi connectivity index (χ3n) is 3.87. The number of unbranched alkanes of at least 4 members (excludes halogenated alkanes) is 6. The van der Waals surface area contributed by atoms with Crippen LogP contribution in [0.5, 0.6) is 0 Å². The van der Waals surface area contributed by atoms with Crippen LogP contribution < -0.4 is 0 Å². The van der Waals surface area contributed by atoms with E-state index in [0.29, 0.717) is 26.4 Å². The van der Waals surface area contributed by atoms with Crippen LogP contribution in [0.25, 0.3) is 0 Å². The summed E-state index contributed by atoms with van der Waals surface area (Å²) < 4.78 is 23.5. The summed E-state index contributed by atoms with van der Waals surface area (Å²) in [7, 11) is 0. The monoisotopic (exact) mass is 332 g/mol. The minimum atomic E-state index is -1.06. The van der Waals surface area contributed by atoms with Crippen LogP contribution in [-0.2, 0) is 18.9 Å². The molecule has 4 heteroatoms. The number of hydrogen-bond donors (Lipinski definition) is 0. The molecule has 0 aliphatic heterocycles. The first-order valence-electron chi connectivity index (χ1n) is 9.74. The van der Waals surface area contributed by atoms with Gasteiger partial charge in [0.15, 0.2) is 0 Å². The zero-order valence-corrected chi connectivity index (χ0v) is 16.2. The van der Waals surface area contributed by atoms with E-state index in [1.54, 1.807) is 0 Å². The molecule has 4 nitrogen and oxygen atoms in total. The van der Waals surface area contributed by atoms with Gasteiger partial charge in [-0.05, 0) is 34.1 Å². The SMILES string of the molecule is CCCCCCCCCC(OCC)C(OCC)(OCC)OCC. The molecule has 0 amide bonds. The van der Waals surface area contributed by atoms with Crippen LogP contribution in [0.2, 0.25) is 0 Å². The second-order valence-corrected chi connectivity index (χ2v) is 5.76. The Hall–Kier alpha value is -0.160. The van der Waals surface area contributed by atoms with E-state index in [9.17, 15) is 0 Å². The lowest BCUT2D eigenvalue weighted by Gasteiger charge is -2.38. The minimum absolute atomic E-state index is 0.178. The van der Waals surface area contributed by atoms with Gasteiger partial charge in [-0.3, -0.25) is 0 Å². The van der Waals surface area contributed by atoms with Gasteiger partial charge in [-0.25, -0.2) is 0 Å². The first-order chi connectivity index (χ1) is 11.2. The molecular weight excluding hydrogens is 292 g/mol. The van der Waals surface area contributed by atoms with Crippen molar-refractivity contribution in [3.63, 3.8) is 0 Å². The van der Waals surface area contributed by atoms with Gasteiger partial charge in [0.25, 0.3) is 0 Å². The molecule has 23 heavy (non-hydrogen) atoms. The predicted molar refractivity (Wildman–Crippen MR) is 95.6 cm³/mol. The lowest BCUT2D eigenvalue weighted by molar-refractivity contribution is -0.415. The van der Waals surface area contributed by atoms with E-state index >= 15 is 0 Å². The fraction of sp³-hybridized carbons (Fsp3) is 1.00. The molecule has 0 N–H and O–H groups in total. The summed E-state index contributed by atoms with van der Waals surface area (Å²) in [6, 6.07) is 0. The standard InChI is InChI=1S/C19H40O4/c1-6-11-12-13-14-15-16-17-18(20-7-2)19(21-8-3,22-9-4)23-10-5/h18H,6-17H2,1-5H3. The van der Waals surface area contributed by atoms with Crippen LogP contribution in [0, 0.1) is 0 Å². The smallest absolute Gasteiger partial charge is 0.310 e. The van der Waals surface area contributed by atoms with Crippen molar-refractivity contribution in [2.24, 2.45) is 0 Å². The number of hydrogen-bond acceptors (Lipinski definition) is 4. The van der Waals surface area contributed by atoms with Crippen molar-refractivity contribution in [3.05, 3.63) is 0 Å². The van der Waals surface area contributed by atoms with E-state index in [4.69, 9.17) is 18.9 Å². The van der Waals surface area contributed by atoms with Crippen LogP contribution in [-0.4, -0.2) is 38.5 Å². The molecule has 0 fully saturated rings. The van der Waals surface area contributed by atoms with Crippen molar-refractivity contribution in [1.29, 1.82) is 0 Å². The summed E-state index contributed by atoms with van der Waals surface area (Å²) >= 11 is 0. The van der Waals surface area contributed by atoms with Gasteiger partial charge in [-0.15, -0.1) is 0 Å². The van der Waals surface area contributed by atoms with E-state index in [1.165, 1.54) is 38.5 Å². The summed E-state index contributed by atoms with van der Waals surface area (Å²) in [4.78, 5) is 0. The van der Waals surface area contributed by atoms with Gasteiger partial charge in [0.1, 0.15) is 6.10 Å². The molecule has 0 aromatic heterocycles. The van der Waals surface area contributed by atoms with E-state index < -0.39 is 5.97 Å². The predicted octanol–water partition coefficient (Wildman–Crippen LogP) is 5.30. The molecular formula is C19H40O4. The third kappa shape index (κ3) is 9.65. The van der Waals surface area contributed by atoms with Crippen molar-refractivity contribution in [2.75, 3.05) is 26.4 Å². The molecule has 0 saturated carbocycles. The highest BCUT2D eigenvalue weighted by Gasteiger charge is 2.42. The van der Waals surface area contributed by atoms with Crippen LogP contribution in [0.1, 0.15) is 86.0 Å². The molecule has 0 bridgehead atoms. The Kier molecular flexibility index (Phi) is 15.3. The van der Waals surface area contributed by atoms with Crippen molar-refractivity contribution < 1.29 is 18.9 Å². The lowest BCUT2D eigenvalue weighted by Crippen LogP contribution is -2.51. The Bertz CT molecular complexity index is 229. The number of rotatable bonds is 17. The van der Waals surface area contributed by atoms with Gasteiger partial charge in [0.2, 0.25) is 0 Å². The van der Waals surface area contributed by atoms with Gasteiger partial charge in [-0.2, -0.15) is 0 Å². The molecule has 0 aliphatic rings. The zero-order chi connectivity index (χ0) is 17.4. The Morgan fingerprint density at radius 2 is 1.09 bits per heavy atom. The molecule has 0 saturated heterocycles. The molecule has 0 aromatic rings. The van der Waals surface area contributed by atoms with Gasteiger partial charge in [0, 0.05) is 26.4 Å². The van der Waals surface area contributed by atoms with E-state index in [0.717, 1.165) is 12.8 Å². The second-order valence-electron chi connectivity index (χ2n) is 5.76. The maximum absolute atomic E-state index is 5.94. The third-order valence-corrected chi connectivity index (χ3v) is 3.87.